The van der Waals surface area contributed by atoms with Crippen LogP contribution in [0.25, 0.3) is 0 Å². The molecule has 6 atom stereocenters. The van der Waals surface area contributed by atoms with Crippen LogP contribution in [0.15, 0.2) is 18.6 Å². The maximum absolute atomic E-state index is 14.6. The summed E-state index contributed by atoms with van der Waals surface area (Å²) in [6, 6.07) is -3.68. The van der Waals surface area contributed by atoms with E-state index < -0.39 is 59.0 Å². The molecule has 1 aliphatic heterocycles. The van der Waals surface area contributed by atoms with Crippen molar-refractivity contribution in [3.63, 3.8) is 0 Å². The summed E-state index contributed by atoms with van der Waals surface area (Å²) in [5.41, 5.74) is -0.638. The Morgan fingerprint density at radius 1 is 0.898 bits per heavy atom. The SMILES string of the molecule is CCC[C@@H](NC(=O)[C@H]1[C@@H]2CCC[C@@H]2CN1C(=O)[C@@H](NC(=O)[C@H](NC(=O)c1cnccn1)C1CCCCC1)C(C)(C)C)C(=O)C(=O)NC1CC1. The van der Waals surface area contributed by atoms with Gasteiger partial charge in [0.25, 0.3) is 11.8 Å². The number of ketones is 1. The molecule has 4 fully saturated rings. The Balaban J connectivity index is 1.36. The molecule has 13 nitrogen and oxygen atoms in total. The summed E-state index contributed by atoms with van der Waals surface area (Å²) in [6.45, 7) is 7.85. The van der Waals surface area contributed by atoms with Gasteiger partial charge in [-0.15, -0.1) is 0 Å². The maximum Gasteiger partial charge on any atom is 0.289 e. The Morgan fingerprint density at radius 3 is 2.27 bits per heavy atom. The Labute approximate surface area is 288 Å². The molecule has 1 saturated heterocycles. The van der Waals surface area contributed by atoms with Crippen LogP contribution in [0.4, 0.5) is 0 Å². The number of hydrogen-bond acceptors (Lipinski definition) is 8. The molecular formula is C36H53N7O6. The first-order valence-electron chi connectivity index (χ1n) is 18.2. The van der Waals surface area contributed by atoms with E-state index in [0.29, 0.717) is 19.4 Å². The van der Waals surface area contributed by atoms with Crippen LogP contribution in [0.1, 0.15) is 115 Å². The molecule has 49 heavy (non-hydrogen) atoms. The molecule has 0 unspecified atom stereocenters. The van der Waals surface area contributed by atoms with E-state index in [9.17, 15) is 28.8 Å². The van der Waals surface area contributed by atoms with Gasteiger partial charge in [-0.05, 0) is 68.1 Å². The van der Waals surface area contributed by atoms with Crippen molar-refractivity contribution in [2.24, 2.45) is 23.2 Å². The molecular weight excluding hydrogens is 626 g/mol. The number of amides is 5. The van der Waals surface area contributed by atoms with E-state index in [1.54, 1.807) is 4.90 Å². The van der Waals surface area contributed by atoms with Crippen LogP contribution in [-0.4, -0.2) is 86.9 Å². The molecule has 0 radical (unpaired) electrons. The van der Waals surface area contributed by atoms with E-state index in [1.807, 2.05) is 27.7 Å². The van der Waals surface area contributed by atoms with Gasteiger partial charge < -0.3 is 26.2 Å². The Hall–Kier alpha value is -3.90. The molecule has 0 bridgehead atoms. The number of carbonyl (C=O) groups is 6. The van der Waals surface area contributed by atoms with E-state index in [1.165, 1.54) is 18.6 Å². The molecule has 3 aliphatic carbocycles. The third-order valence-corrected chi connectivity index (χ3v) is 10.7. The zero-order valence-corrected chi connectivity index (χ0v) is 29.3. The van der Waals surface area contributed by atoms with E-state index in [2.05, 4.69) is 31.2 Å². The van der Waals surface area contributed by atoms with Gasteiger partial charge in [0.15, 0.2) is 0 Å². The number of nitrogens with zero attached hydrogens (tertiary/aromatic N) is 3. The smallest absolute Gasteiger partial charge is 0.289 e. The fourth-order valence-electron chi connectivity index (χ4n) is 7.87. The molecule has 0 aromatic carbocycles. The van der Waals surface area contributed by atoms with Crippen molar-refractivity contribution in [3.05, 3.63) is 24.3 Å². The highest BCUT2D eigenvalue weighted by molar-refractivity contribution is 6.38. The first-order chi connectivity index (χ1) is 23.4. The molecule has 4 aliphatic rings. The van der Waals surface area contributed by atoms with Crippen molar-refractivity contribution >= 4 is 35.3 Å². The summed E-state index contributed by atoms with van der Waals surface area (Å²) in [5, 5.41) is 11.5. The molecule has 1 aromatic heterocycles. The third kappa shape index (κ3) is 8.83. The van der Waals surface area contributed by atoms with Crippen LogP contribution >= 0.6 is 0 Å². The van der Waals surface area contributed by atoms with Gasteiger partial charge in [0, 0.05) is 25.0 Å². The molecule has 3 saturated carbocycles. The minimum Gasteiger partial charge on any atom is -0.347 e. The Bertz CT molecular complexity index is 1390. The van der Waals surface area contributed by atoms with Gasteiger partial charge >= 0.3 is 0 Å². The lowest BCUT2D eigenvalue weighted by molar-refractivity contribution is -0.146. The first-order valence-corrected chi connectivity index (χ1v) is 18.2. The topological polar surface area (TPSA) is 180 Å². The van der Waals surface area contributed by atoms with Crippen LogP contribution in [-0.2, 0) is 24.0 Å². The fraction of sp³-hybridized carbons (Fsp3) is 0.722. The molecule has 5 rings (SSSR count). The van der Waals surface area contributed by atoms with Crippen LogP contribution in [0, 0.1) is 23.2 Å². The van der Waals surface area contributed by atoms with Gasteiger partial charge in [0.1, 0.15) is 23.8 Å². The van der Waals surface area contributed by atoms with Crippen molar-refractivity contribution in [3.8, 4) is 0 Å². The van der Waals surface area contributed by atoms with Crippen molar-refractivity contribution in [2.45, 2.75) is 135 Å². The second kappa shape index (κ2) is 15.8. The molecule has 268 valence electrons. The number of aromatic nitrogens is 2. The number of rotatable bonds is 13. The molecule has 5 amide bonds. The van der Waals surface area contributed by atoms with Crippen molar-refractivity contribution in [1.82, 2.24) is 36.1 Å². The second-order valence-corrected chi connectivity index (χ2v) is 15.5. The maximum atomic E-state index is 14.6. The zero-order chi connectivity index (χ0) is 35.3. The highest BCUT2D eigenvalue weighted by Gasteiger charge is 2.52. The van der Waals surface area contributed by atoms with Crippen molar-refractivity contribution in [1.29, 1.82) is 0 Å². The normalized spacial score (nSPS) is 24.2. The van der Waals surface area contributed by atoms with Gasteiger partial charge in [0.05, 0.1) is 12.2 Å². The predicted molar refractivity (Wildman–Crippen MR) is 181 cm³/mol. The summed E-state index contributed by atoms with van der Waals surface area (Å²) in [4.78, 5) is 91.4. The number of carbonyl (C=O) groups excluding carboxylic acids is 6. The lowest BCUT2D eigenvalue weighted by atomic mass is 9.82. The first kappa shape index (κ1) is 36.4. The van der Waals surface area contributed by atoms with E-state index in [4.69, 9.17) is 0 Å². The minimum absolute atomic E-state index is 0.0132. The third-order valence-electron chi connectivity index (χ3n) is 10.7. The van der Waals surface area contributed by atoms with Gasteiger partial charge in [-0.25, -0.2) is 4.98 Å². The van der Waals surface area contributed by atoms with Crippen LogP contribution in [0.2, 0.25) is 0 Å². The second-order valence-electron chi connectivity index (χ2n) is 15.5. The van der Waals surface area contributed by atoms with E-state index in [-0.39, 0.29) is 35.4 Å². The lowest BCUT2D eigenvalue weighted by Crippen LogP contribution is -2.62. The quantitative estimate of drug-likeness (QED) is 0.230. The average molecular weight is 680 g/mol. The lowest BCUT2D eigenvalue weighted by Gasteiger charge is -2.38. The molecule has 13 heteroatoms. The number of likely N-dealkylation sites (tertiary alicyclic amines) is 1. The fourth-order valence-corrected chi connectivity index (χ4v) is 7.87. The van der Waals surface area contributed by atoms with Crippen LogP contribution in [0.3, 0.4) is 0 Å². The molecule has 2 heterocycles. The number of nitrogens with one attached hydrogen (secondary N) is 4. The Kier molecular flexibility index (Phi) is 11.7. The molecule has 0 spiro atoms. The summed E-state index contributed by atoms with van der Waals surface area (Å²) >= 11 is 0. The number of hydrogen-bond donors (Lipinski definition) is 4. The standard InChI is InChI=1S/C36H53N7O6/c1-5-10-25(29(44)34(48)39-23-15-16-23)40-33(47)28-24-14-9-13-22(24)20-43(28)35(49)30(36(2,3)4)42-32(46)27(21-11-7-6-8-12-21)41-31(45)26-19-37-17-18-38-26/h17-19,21-25,27-28,30H,5-16,20H2,1-4H3,(H,39,48)(H,40,47)(H,41,45)(H,42,46)/t22-,24-,25-,27-,28-,30-/m1/s1. The van der Waals surface area contributed by atoms with Crippen molar-refractivity contribution in [2.75, 3.05) is 6.54 Å². The van der Waals surface area contributed by atoms with Gasteiger partial charge in [0.2, 0.25) is 23.5 Å². The summed E-state index contributed by atoms with van der Waals surface area (Å²) in [7, 11) is 0. The Morgan fingerprint density at radius 2 is 1.63 bits per heavy atom. The van der Waals surface area contributed by atoms with E-state index >= 15 is 0 Å². The largest absolute Gasteiger partial charge is 0.347 e. The summed E-state index contributed by atoms with van der Waals surface area (Å²) < 4.78 is 0. The monoisotopic (exact) mass is 679 g/mol. The highest BCUT2D eigenvalue weighted by Crippen LogP contribution is 2.43. The van der Waals surface area contributed by atoms with Gasteiger partial charge in [-0.3, -0.25) is 33.8 Å². The zero-order valence-electron chi connectivity index (χ0n) is 29.3. The predicted octanol–water partition coefficient (Wildman–Crippen LogP) is 2.45. The number of Topliss-reactive ketones (excluding diaryl/α,β-unsaturated/α-hetero) is 1. The molecule has 1 aromatic rings. The highest BCUT2D eigenvalue weighted by atomic mass is 16.2. The van der Waals surface area contributed by atoms with Crippen LogP contribution < -0.4 is 21.3 Å². The van der Waals surface area contributed by atoms with Gasteiger partial charge in [-0.2, -0.15) is 0 Å². The van der Waals surface area contributed by atoms with Crippen LogP contribution in [0.5, 0.6) is 0 Å². The van der Waals surface area contributed by atoms with Crippen molar-refractivity contribution < 1.29 is 28.8 Å². The summed E-state index contributed by atoms with van der Waals surface area (Å²) in [5.74, 6) is -3.20. The average Bonchev–Trinajstić information content (AvgIpc) is 3.65. The minimum atomic E-state index is -0.994. The molecule has 4 N–H and O–H groups in total. The van der Waals surface area contributed by atoms with Gasteiger partial charge in [-0.1, -0.05) is 59.8 Å². The van der Waals surface area contributed by atoms with E-state index in [0.717, 1.165) is 64.2 Å². The summed E-state index contributed by atoms with van der Waals surface area (Å²) in [6.07, 6.45) is 13.9. The number of fused-ring (bicyclic) bond motifs is 1.